The number of guanidine groups is 1. The lowest BCUT2D eigenvalue weighted by Gasteiger charge is -2.32. The van der Waals surface area contributed by atoms with Gasteiger partial charge in [-0.1, -0.05) is 30.3 Å². The molecule has 15 heteroatoms. The molecule has 0 bridgehead atoms. The molecular formula is C29H38FN7O7. The quantitative estimate of drug-likeness (QED) is 0.123. The van der Waals surface area contributed by atoms with Crippen LogP contribution in [0.1, 0.15) is 44.6 Å². The largest absolute Gasteiger partial charge is 0.465 e. The molecule has 2 aromatic rings. The van der Waals surface area contributed by atoms with Crippen LogP contribution in [-0.4, -0.2) is 79.5 Å². The van der Waals surface area contributed by atoms with Crippen LogP contribution < -0.4 is 16.0 Å². The summed E-state index contributed by atoms with van der Waals surface area (Å²) in [4.78, 5) is 39.6. The molecule has 1 amide bonds. The number of carbonyl (C=O) groups is 2. The van der Waals surface area contributed by atoms with Crippen molar-refractivity contribution in [2.75, 3.05) is 44.4 Å². The summed E-state index contributed by atoms with van der Waals surface area (Å²) in [7, 11) is 0. The van der Waals surface area contributed by atoms with Crippen LogP contribution in [0.25, 0.3) is 11.1 Å². The highest BCUT2D eigenvalue weighted by atomic mass is 19.1. The van der Waals surface area contributed by atoms with Gasteiger partial charge >= 0.3 is 12.1 Å². The van der Waals surface area contributed by atoms with Crippen LogP contribution in [0.4, 0.5) is 15.1 Å². The molecule has 2 atom stereocenters. The van der Waals surface area contributed by atoms with E-state index in [2.05, 4.69) is 15.1 Å². The summed E-state index contributed by atoms with van der Waals surface area (Å²) in [5, 5.41) is 13.2. The number of alkyl carbamates (subject to hydrolysis) is 1. The first-order chi connectivity index (χ1) is 21.3. The lowest BCUT2D eigenvalue weighted by molar-refractivity contribution is -0.176. The maximum atomic E-state index is 15.1. The predicted molar refractivity (Wildman–Crippen MR) is 157 cm³/mol. The standard InChI is InChI=1S/C29H38FN7O7/c1-2-6-24(38)41-15-19(16-42-25-9-3-4-10-40-25)17-44-36-22-13-37(14-22)28-33-11-21(12-34-28)23-8-5-7-20(26(23)30)18-43-29(39)35-27(31)32/h5,7-8,11-12,19,25H,2-4,6,9-10,13-18H2,1H3,(H4,31,32,35,39). The number of halogens is 1. The number of hydrogen-bond donors (Lipinski definition) is 3. The fourth-order valence-corrected chi connectivity index (χ4v) is 4.37. The highest BCUT2D eigenvalue weighted by Crippen LogP contribution is 2.26. The molecule has 0 radical (unpaired) electrons. The van der Waals surface area contributed by atoms with Gasteiger partial charge in [-0.2, -0.15) is 0 Å². The Balaban J connectivity index is 1.26. The molecule has 0 saturated carbocycles. The van der Waals surface area contributed by atoms with Crippen LogP contribution in [0.15, 0.2) is 35.7 Å². The molecule has 44 heavy (non-hydrogen) atoms. The van der Waals surface area contributed by atoms with Crippen LogP contribution in [0.5, 0.6) is 0 Å². The zero-order valence-corrected chi connectivity index (χ0v) is 24.6. The van der Waals surface area contributed by atoms with E-state index < -0.39 is 17.9 Å². The second kappa shape index (κ2) is 16.5. The second-order valence-electron chi connectivity index (χ2n) is 10.4. The fourth-order valence-electron chi connectivity index (χ4n) is 4.37. The van der Waals surface area contributed by atoms with Crippen LogP contribution in [0.2, 0.25) is 0 Å². The Morgan fingerprint density at radius 2 is 2.00 bits per heavy atom. The molecular weight excluding hydrogens is 577 g/mol. The number of carbonyl (C=O) groups excluding carboxylic acids is 2. The van der Waals surface area contributed by atoms with E-state index in [-0.39, 0.29) is 49.1 Å². The normalized spacial score (nSPS) is 16.8. The third kappa shape index (κ3) is 9.84. The zero-order chi connectivity index (χ0) is 31.3. The highest BCUT2D eigenvalue weighted by molar-refractivity contribution is 5.98. The highest BCUT2D eigenvalue weighted by Gasteiger charge is 2.26. The van der Waals surface area contributed by atoms with Crippen molar-refractivity contribution in [1.82, 2.24) is 15.3 Å². The summed E-state index contributed by atoms with van der Waals surface area (Å²) in [6, 6.07) is 4.68. The van der Waals surface area contributed by atoms with E-state index in [1.165, 1.54) is 18.5 Å². The first-order valence-electron chi connectivity index (χ1n) is 14.5. The lowest BCUT2D eigenvalue weighted by Crippen LogP contribution is -2.48. The first-order valence-corrected chi connectivity index (χ1v) is 14.5. The Bertz CT molecular complexity index is 1300. The minimum Gasteiger partial charge on any atom is -0.465 e. The summed E-state index contributed by atoms with van der Waals surface area (Å²) in [5.41, 5.74) is 6.72. The molecule has 2 aliphatic heterocycles. The summed E-state index contributed by atoms with van der Waals surface area (Å²) < 4.78 is 36.9. The number of amides is 1. The van der Waals surface area contributed by atoms with Gasteiger partial charge in [0.1, 0.15) is 19.0 Å². The Morgan fingerprint density at radius 3 is 2.70 bits per heavy atom. The second-order valence-corrected chi connectivity index (χ2v) is 10.4. The minimum atomic E-state index is -0.954. The van der Waals surface area contributed by atoms with E-state index in [0.29, 0.717) is 50.7 Å². The van der Waals surface area contributed by atoms with Gasteiger partial charge in [0.15, 0.2) is 12.2 Å². The zero-order valence-electron chi connectivity index (χ0n) is 24.6. The first kappa shape index (κ1) is 32.5. The Morgan fingerprint density at radius 1 is 1.20 bits per heavy atom. The van der Waals surface area contributed by atoms with E-state index in [0.717, 1.165) is 25.0 Å². The average Bonchev–Trinajstić information content (AvgIpc) is 2.99. The van der Waals surface area contributed by atoms with Gasteiger partial charge in [0.05, 0.1) is 37.9 Å². The van der Waals surface area contributed by atoms with Gasteiger partial charge < -0.3 is 34.4 Å². The summed E-state index contributed by atoms with van der Waals surface area (Å²) in [6.45, 7) is 3.90. The SMILES string of the molecule is CCCC(=O)OCC(CON=C1CN(c2ncc(-c3cccc(COC(=O)NC(=N)N)c3F)cn2)C1)COC1CCCCO1. The van der Waals surface area contributed by atoms with Gasteiger partial charge in [-0.25, -0.2) is 19.2 Å². The molecule has 2 saturated heterocycles. The molecule has 3 heterocycles. The summed E-state index contributed by atoms with van der Waals surface area (Å²) in [6.07, 6.45) is 5.82. The predicted octanol–water partition coefficient (Wildman–Crippen LogP) is 3.10. The van der Waals surface area contributed by atoms with E-state index >= 15 is 4.39 Å². The van der Waals surface area contributed by atoms with E-state index in [1.54, 1.807) is 12.1 Å². The van der Waals surface area contributed by atoms with Crippen molar-refractivity contribution in [2.24, 2.45) is 16.8 Å². The van der Waals surface area contributed by atoms with Gasteiger partial charge in [0.25, 0.3) is 0 Å². The van der Waals surface area contributed by atoms with Gasteiger partial charge in [-0.15, -0.1) is 0 Å². The molecule has 14 nitrogen and oxygen atoms in total. The minimum absolute atomic E-state index is 0.143. The molecule has 4 rings (SSSR count). The average molecular weight is 616 g/mol. The van der Waals surface area contributed by atoms with Gasteiger partial charge in [-0.3, -0.25) is 15.5 Å². The molecule has 1 aromatic carbocycles. The lowest BCUT2D eigenvalue weighted by atomic mass is 10.1. The third-order valence-electron chi connectivity index (χ3n) is 6.75. The van der Waals surface area contributed by atoms with E-state index in [9.17, 15) is 9.59 Å². The number of benzene rings is 1. The Hall–Kier alpha value is -4.37. The monoisotopic (exact) mass is 615 g/mol. The van der Waals surface area contributed by atoms with Crippen molar-refractivity contribution >= 4 is 29.7 Å². The molecule has 0 aliphatic carbocycles. The summed E-state index contributed by atoms with van der Waals surface area (Å²) in [5.74, 6) is -1.14. The Labute approximate surface area is 254 Å². The topological polar surface area (TPSA) is 184 Å². The number of aromatic nitrogens is 2. The molecule has 2 aliphatic rings. The van der Waals surface area contributed by atoms with Crippen molar-refractivity contribution in [3.63, 3.8) is 0 Å². The van der Waals surface area contributed by atoms with Crippen LogP contribution in [0, 0.1) is 17.1 Å². The number of ether oxygens (including phenoxy) is 4. The van der Waals surface area contributed by atoms with Crippen LogP contribution in [0.3, 0.4) is 0 Å². The molecule has 238 valence electrons. The molecule has 1 aromatic heterocycles. The number of nitrogens with zero attached hydrogens (tertiary/aromatic N) is 4. The molecule has 4 N–H and O–H groups in total. The third-order valence-corrected chi connectivity index (χ3v) is 6.75. The smallest absolute Gasteiger partial charge is 0.414 e. The Kier molecular flexibility index (Phi) is 12.2. The van der Waals surface area contributed by atoms with Crippen LogP contribution >= 0.6 is 0 Å². The number of nitrogens with one attached hydrogen (secondary N) is 2. The van der Waals surface area contributed by atoms with E-state index in [1.807, 2.05) is 17.1 Å². The number of anilines is 1. The maximum absolute atomic E-state index is 15.1. The molecule has 0 spiro atoms. The van der Waals surface area contributed by atoms with Gasteiger partial charge in [-0.05, 0) is 25.7 Å². The fraction of sp³-hybridized carbons (Fsp3) is 0.517. The molecule has 2 unspecified atom stereocenters. The number of esters is 1. The number of hydrogen-bond acceptors (Lipinski definition) is 12. The van der Waals surface area contributed by atoms with Gasteiger partial charge in [0.2, 0.25) is 5.95 Å². The molecule has 2 fully saturated rings. The van der Waals surface area contributed by atoms with Crippen molar-refractivity contribution < 1.29 is 37.8 Å². The van der Waals surface area contributed by atoms with Crippen molar-refractivity contribution in [1.29, 1.82) is 5.41 Å². The maximum Gasteiger partial charge on any atom is 0.414 e. The van der Waals surface area contributed by atoms with Crippen molar-refractivity contribution in [3.8, 4) is 11.1 Å². The van der Waals surface area contributed by atoms with E-state index in [4.69, 9.17) is 34.9 Å². The number of nitrogens with two attached hydrogens (primary N) is 1. The van der Waals surface area contributed by atoms with Gasteiger partial charge in [0, 0.05) is 42.1 Å². The van der Waals surface area contributed by atoms with Crippen molar-refractivity contribution in [2.45, 2.75) is 51.9 Å². The number of oxime groups is 1. The van der Waals surface area contributed by atoms with Crippen LogP contribution in [-0.2, 0) is 35.2 Å². The summed E-state index contributed by atoms with van der Waals surface area (Å²) >= 11 is 0. The van der Waals surface area contributed by atoms with Crippen molar-refractivity contribution in [3.05, 3.63) is 42.0 Å². The number of rotatable bonds is 14.